The Morgan fingerprint density at radius 3 is 2.68 bits per heavy atom. The van der Waals surface area contributed by atoms with Crippen LogP contribution in [-0.2, 0) is 14.3 Å². The Morgan fingerprint density at radius 1 is 1.32 bits per heavy atom. The van der Waals surface area contributed by atoms with Gasteiger partial charge in [0.25, 0.3) is 5.91 Å². The van der Waals surface area contributed by atoms with E-state index >= 15 is 0 Å². The first kappa shape index (κ1) is 15.8. The van der Waals surface area contributed by atoms with Crippen molar-refractivity contribution < 1.29 is 29.3 Å². The fraction of sp³-hybridized carbons (Fsp3) is 0.333. The van der Waals surface area contributed by atoms with E-state index in [0.717, 1.165) is 9.80 Å². The third-order valence-electron chi connectivity index (χ3n) is 4.47. The molecule has 2 fully saturated rings. The van der Waals surface area contributed by atoms with Crippen LogP contribution >= 0.6 is 11.8 Å². The van der Waals surface area contributed by atoms with E-state index in [1.165, 1.54) is 16.7 Å². The summed E-state index contributed by atoms with van der Waals surface area (Å²) >= 11 is 1.36. The Hall–Kier alpha value is -2.75. The number of likely N-dealkylation sites (tertiary alicyclic amines) is 1. The molecule has 2 N–H and O–H groups in total. The van der Waals surface area contributed by atoms with Crippen LogP contribution in [0.2, 0.25) is 0 Å². The molecule has 1 aromatic heterocycles. The monoisotopic (exact) mass is 363 g/mol. The van der Waals surface area contributed by atoms with Crippen molar-refractivity contribution in [3.8, 4) is 0 Å². The number of amides is 2. The van der Waals surface area contributed by atoms with Crippen LogP contribution in [0, 0.1) is 0 Å². The van der Waals surface area contributed by atoms with E-state index in [0.29, 0.717) is 0 Å². The largest absolute Gasteiger partial charge is 0.487 e. The molecule has 0 bridgehead atoms. The van der Waals surface area contributed by atoms with Gasteiger partial charge in [-0.3, -0.25) is 19.6 Å². The number of pyridine rings is 1. The number of nitrogens with zero attached hydrogens (tertiary/aromatic N) is 3. The lowest BCUT2D eigenvalue weighted by molar-refractivity contribution is -0.160. The van der Waals surface area contributed by atoms with Crippen molar-refractivity contribution in [2.45, 2.75) is 23.1 Å². The minimum Gasteiger partial charge on any atom is -0.487 e. The van der Waals surface area contributed by atoms with Crippen molar-refractivity contribution in [1.29, 1.82) is 0 Å². The molecule has 3 aliphatic heterocycles. The van der Waals surface area contributed by atoms with Crippen LogP contribution in [0.25, 0.3) is 0 Å². The summed E-state index contributed by atoms with van der Waals surface area (Å²) in [6, 6.07) is 2.14. The van der Waals surface area contributed by atoms with E-state index in [1.807, 2.05) is 0 Å². The number of aliphatic carboxylic acids is 1. The average Bonchev–Trinajstić information content (AvgIpc) is 2.96. The molecule has 25 heavy (non-hydrogen) atoms. The molecule has 0 aliphatic carbocycles. The number of carboxylic acids is 1. The second-order valence-corrected chi connectivity index (χ2v) is 6.83. The summed E-state index contributed by atoms with van der Waals surface area (Å²) in [5.41, 5.74) is -0.198. The van der Waals surface area contributed by atoms with Gasteiger partial charge in [0, 0.05) is 17.3 Å². The molecular weight excluding hydrogens is 350 g/mol. The van der Waals surface area contributed by atoms with Crippen molar-refractivity contribution in [1.82, 2.24) is 14.8 Å². The Bertz CT molecular complexity index is 798. The van der Waals surface area contributed by atoms with Crippen molar-refractivity contribution in [2.24, 2.45) is 0 Å². The predicted molar refractivity (Wildman–Crippen MR) is 83.6 cm³/mol. The maximum atomic E-state index is 12.4. The quantitative estimate of drug-likeness (QED) is 0.584. The lowest BCUT2D eigenvalue weighted by Gasteiger charge is -2.48. The van der Waals surface area contributed by atoms with Gasteiger partial charge in [-0.15, -0.1) is 11.8 Å². The van der Waals surface area contributed by atoms with Crippen LogP contribution in [0.15, 0.2) is 40.9 Å². The molecule has 2 saturated heterocycles. The first-order valence-electron chi connectivity index (χ1n) is 7.47. The molecule has 2 amide bonds. The number of aromatic nitrogens is 1. The summed E-state index contributed by atoms with van der Waals surface area (Å²) in [5.74, 6) is -1.38. The highest BCUT2D eigenvalue weighted by Crippen LogP contribution is 2.44. The SMILES string of the molecule is O=C(O)C1=C(CSc2ccncc2)O[C@@H]2CN(C(=O)O)[C@@H]3C(=O)N1[C@@H]32. The second-order valence-electron chi connectivity index (χ2n) is 5.78. The zero-order valence-electron chi connectivity index (χ0n) is 12.7. The topological polar surface area (TPSA) is 120 Å². The van der Waals surface area contributed by atoms with Gasteiger partial charge < -0.3 is 14.9 Å². The number of rotatable bonds is 4. The Morgan fingerprint density at radius 2 is 2.04 bits per heavy atom. The summed E-state index contributed by atoms with van der Waals surface area (Å²) in [6.07, 6.45) is 1.49. The molecule has 0 spiro atoms. The molecule has 9 nitrogen and oxygen atoms in total. The maximum absolute atomic E-state index is 12.4. The van der Waals surface area contributed by atoms with Crippen LogP contribution in [0.5, 0.6) is 0 Å². The first-order chi connectivity index (χ1) is 12.0. The molecule has 130 valence electrons. The Balaban J connectivity index is 1.62. The number of hydrogen-bond acceptors (Lipinski definition) is 6. The van der Waals surface area contributed by atoms with E-state index in [1.54, 1.807) is 24.5 Å². The van der Waals surface area contributed by atoms with E-state index in [-0.39, 0.29) is 23.8 Å². The molecular formula is C15H13N3O6S. The van der Waals surface area contributed by atoms with E-state index in [4.69, 9.17) is 4.74 Å². The van der Waals surface area contributed by atoms with E-state index in [9.17, 15) is 24.6 Å². The van der Waals surface area contributed by atoms with Gasteiger partial charge in [0.15, 0.2) is 5.70 Å². The summed E-state index contributed by atoms with van der Waals surface area (Å²) < 4.78 is 5.80. The number of hydrogen-bond donors (Lipinski definition) is 2. The van der Waals surface area contributed by atoms with Crippen LogP contribution < -0.4 is 0 Å². The molecule has 3 atom stereocenters. The summed E-state index contributed by atoms with van der Waals surface area (Å²) in [5, 5.41) is 18.8. The molecule has 0 aromatic carbocycles. The Kier molecular flexibility index (Phi) is 3.57. The number of carboxylic acid groups (broad SMARTS) is 2. The van der Waals surface area contributed by atoms with Crippen LogP contribution in [0.3, 0.4) is 0 Å². The third kappa shape index (κ3) is 2.32. The molecule has 4 heterocycles. The number of carbonyl (C=O) groups excluding carboxylic acids is 1. The van der Waals surface area contributed by atoms with Gasteiger partial charge >= 0.3 is 12.1 Å². The lowest BCUT2D eigenvalue weighted by atomic mass is 9.91. The van der Waals surface area contributed by atoms with Gasteiger partial charge in [-0.05, 0) is 12.1 Å². The van der Waals surface area contributed by atoms with Crippen molar-refractivity contribution in [3.05, 3.63) is 36.0 Å². The molecule has 0 radical (unpaired) electrons. The molecule has 4 rings (SSSR count). The van der Waals surface area contributed by atoms with Crippen molar-refractivity contribution >= 4 is 29.7 Å². The zero-order valence-corrected chi connectivity index (χ0v) is 13.5. The minimum atomic E-state index is -1.26. The summed E-state index contributed by atoms with van der Waals surface area (Å²) in [4.78, 5) is 42.3. The van der Waals surface area contributed by atoms with Crippen LogP contribution in [0.4, 0.5) is 4.79 Å². The van der Waals surface area contributed by atoms with E-state index in [2.05, 4.69) is 4.98 Å². The first-order valence-corrected chi connectivity index (χ1v) is 8.46. The molecule has 0 unspecified atom stereocenters. The van der Waals surface area contributed by atoms with Gasteiger partial charge in [-0.25, -0.2) is 9.59 Å². The van der Waals surface area contributed by atoms with Crippen LogP contribution in [0.1, 0.15) is 0 Å². The molecule has 3 aliphatic rings. The molecule has 0 saturated carbocycles. The summed E-state index contributed by atoms with van der Waals surface area (Å²) in [6.45, 7) is 0.0449. The van der Waals surface area contributed by atoms with Gasteiger partial charge in [-0.1, -0.05) is 0 Å². The van der Waals surface area contributed by atoms with Gasteiger partial charge in [-0.2, -0.15) is 0 Å². The van der Waals surface area contributed by atoms with E-state index < -0.39 is 36.2 Å². The van der Waals surface area contributed by atoms with Crippen molar-refractivity contribution in [3.63, 3.8) is 0 Å². The average molecular weight is 363 g/mol. The number of thioether (sulfide) groups is 1. The van der Waals surface area contributed by atoms with Crippen LogP contribution in [-0.4, -0.2) is 73.5 Å². The second kappa shape index (κ2) is 5.66. The smallest absolute Gasteiger partial charge is 0.408 e. The Labute approximate surface area is 145 Å². The van der Waals surface area contributed by atoms with Gasteiger partial charge in [0.2, 0.25) is 0 Å². The number of β-lactam (4-membered cyclic amide) rings is 1. The third-order valence-corrected chi connectivity index (χ3v) is 5.48. The van der Waals surface area contributed by atoms with Crippen molar-refractivity contribution in [2.75, 3.05) is 12.3 Å². The molecule has 10 heteroatoms. The number of ether oxygens (including phenoxy) is 1. The highest BCUT2D eigenvalue weighted by atomic mass is 32.2. The highest BCUT2D eigenvalue weighted by molar-refractivity contribution is 7.99. The standard InChI is InChI=1S/C15H13N3O6S/c19-13-12-10-8(5-17(12)15(22)23)24-9(11(14(20)21)18(10)13)6-25-7-1-3-16-4-2-7/h1-4,8,10,12H,5-6H2,(H,20,21)(H,22,23)/t8-,10-,12+/m1/s1. The predicted octanol–water partition coefficient (Wildman–Crippen LogP) is 0.442. The fourth-order valence-electron chi connectivity index (χ4n) is 3.44. The van der Waals surface area contributed by atoms with Gasteiger partial charge in [0.1, 0.15) is 23.9 Å². The number of carbonyl (C=O) groups is 3. The lowest BCUT2D eigenvalue weighted by Crippen LogP contribution is -2.70. The summed E-state index contributed by atoms with van der Waals surface area (Å²) in [7, 11) is 0. The fourth-order valence-corrected chi connectivity index (χ4v) is 4.26. The van der Waals surface area contributed by atoms with Gasteiger partial charge in [0.05, 0.1) is 12.3 Å². The minimum absolute atomic E-state index is 0.0449. The highest BCUT2D eigenvalue weighted by Gasteiger charge is 2.65. The maximum Gasteiger partial charge on any atom is 0.408 e. The zero-order chi connectivity index (χ0) is 17.7. The molecule has 1 aromatic rings. The normalized spacial score (nSPS) is 26.9.